The molecule has 1 unspecified atom stereocenters. The normalized spacial score (nSPS) is 21.5. The smallest absolute Gasteiger partial charge is 0.181 e. The number of rotatable bonds is 2. The average molecular weight is 312 g/mol. The van der Waals surface area contributed by atoms with Crippen molar-refractivity contribution >= 4 is 5.78 Å². The summed E-state index contributed by atoms with van der Waals surface area (Å²) in [5.74, 6) is 0.550. The van der Waals surface area contributed by atoms with Gasteiger partial charge in [-0.15, -0.1) is 0 Å². The van der Waals surface area contributed by atoms with Gasteiger partial charge in [-0.1, -0.05) is 6.07 Å². The number of ketones is 1. The molecule has 1 heterocycles. The summed E-state index contributed by atoms with van der Waals surface area (Å²) in [7, 11) is 0. The molecule has 23 heavy (non-hydrogen) atoms. The van der Waals surface area contributed by atoms with E-state index in [1.807, 2.05) is 19.9 Å². The zero-order valence-corrected chi connectivity index (χ0v) is 13.1. The first-order chi connectivity index (χ1) is 10.9. The summed E-state index contributed by atoms with van der Waals surface area (Å²) in [6.07, 6.45) is 1.11. The number of carbonyl (C=O) groups excluding carboxylic acids is 1. The van der Waals surface area contributed by atoms with E-state index in [1.54, 1.807) is 12.1 Å². The minimum Gasteiger partial charge on any atom is -0.478 e. The van der Waals surface area contributed by atoms with Crippen molar-refractivity contribution in [2.45, 2.75) is 38.9 Å². The molecule has 2 aliphatic rings. The summed E-state index contributed by atoms with van der Waals surface area (Å²) < 4.78 is 19.5. The van der Waals surface area contributed by atoms with Crippen molar-refractivity contribution in [1.82, 2.24) is 0 Å². The molecule has 1 saturated carbocycles. The summed E-state index contributed by atoms with van der Waals surface area (Å²) in [6, 6.07) is 6.75. The maximum absolute atomic E-state index is 13.6. The zero-order valence-electron chi connectivity index (χ0n) is 13.1. The molecule has 3 nitrogen and oxygen atoms in total. The molecule has 1 spiro atoms. The van der Waals surface area contributed by atoms with Crippen LogP contribution in [0.25, 0.3) is 11.1 Å². The predicted octanol–water partition coefficient (Wildman–Crippen LogP) is 3.25. The number of benzene rings is 2. The molecular formula is C19H17FO3. The molecule has 0 saturated heterocycles. The zero-order chi connectivity index (χ0) is 16.4. The maximum Gasteiger partial charge on any atom is 0.181 e. The van der Waals surface area contributed by atoms with Crippen LogP contribution >= 0.6 is 0 Å². The molecule has 0 aromatic heterocycles. The van der Waals surface area contributed by atoms with Gasteiger partial charge < -0.3 is 9.84 Å². The third-order valence-electron chi connectivity index (χ3n) is 4.97. The lowest BCUT2D eigenvalue weighted by Gasteiger charge is -2.15. The van der Waals surface area contributed by atoms with Gasteiger partial charge in [0.1, 0.15) is 11.6 Å². The van der Waals surface area contributed by atoms with Crippen LogP contribution in [0.2, 0.25) is 0 Å². The lowest BCUT2D eigenvalue weighted by atomic mass is 9.89. The SMILES string of the molecule is Cc1cc2c(c(C)c1-c1ccc(F)c(CO)c1)CC1(CC1=O)O2. The first-order valence-corrected chi connectivity index (χ1v) is 7.70. The summed E-state index contributed by atoms with van der Waals surface area (Å²) >= 11 is 0. The molecule has 0 bridgehead atoms. The van der Waals surface area contributed by atoms with Crippen LogP contribution in [0.5, 0.6) is 5.75 Å². The highest BCUT2D eigenvalue weighted by Crippen LogP contribution is 2.50. The number of aliphatic hydroxyl groups is 1. The molecule has 4 rings (SSSR count). The molecule has 1 fully saturated rings. The predicted molar refractivity (Wildman–Crippen MR) is 83.9 cm³/mol. The van der Waals surface area contributed by atoms with Crippen LogP contribution in [0.4, 0.5) is 4.39 Å². The molecule has 118 valence electrons. The molecule has 1 aliphatic carbocycles. The van der Waals surface area contributed by atoms with E-state index in [-0.39, 0.29) is 18.0 Å². The van der Waals surface area contributed by atoms with Crippen LogP contribution in [0, 0.1) is 19.7 Å². The highest BCUT2D eigenvalue weighted by molar-refractivity contribution is 6.05. The first-order valence-electron chi connectivity index (χ1n) is 7.70. The van der Waals surface area contributed by atoms with Crippen LogP contribution in [-0.4, -0.2) is 16.5 Å². The summed E-state index contributed by atoms with van der Waals surface area (Å²) in [4.78, 5) is 11.7. The first kappa shape index (κ1) is 14.4. The monoisotopic (exact) mass is 312 g/mol. The minimum absolute atomic E-state index is 0.164. The Balaban J connectivity index is 1.85. The standard InChI is InChI=1S/C19H17FO3/c1-10-5-16-14(7-19(23-16)8-17(19)22)11(2)18(10)12-3-4-15(20)13(6-12)9-21/h3-6,21H,7-9H2,1-2H3. The number of carbonyl (C=O) groups is 1. The van der Waals surface area contributed by atoms with Crippen molar-refractivity contribution in [3.05, 3.63) is 52.3 Å². The number of aliphatic hydroxyl groups excluding tert-OH is 1. The molecule has 1 atom stereocenters. The van der Waals surface area contributed by atoms with E-state index >= 15 is 0 Å². The Morgan fingerprint density at radius 3 is 2.65 bits per heavy atom. The lowest BCUT2D eigenvalue weighted by molar-refractivity contribution is -0.114. The van der Waals surface area contributed by atoms with Crippen LogP contribution in [0.15, 0.2) is 24.3 Å². The van der Waals surface area contributed by atoms with Crippen molar-refractivity contribution in [2.24, 2.45) is 0 Å². The number of hydrogen-bond donors (Lipinski definition) is 1. The number of hydrogen-bond acceptors (Lipinski definition) is 3. The molecule has 4 heteroatoms. The number of halogens is 1. The van der Waals surface area contributed by atoms with Gasteiger partial charge in [0.2, 0.25) is 0 Å². The number of aryl methyl sites for hydroxylation is 1. The van der Waals surface area contributed by atoms with Crippen molar-refractivity contribution in [3.8, 4) is 16.9 Å². The third-order valence-corrected chi connectivity index (χ3v) is 4.97. The highest BCUT2D eigenvalue weighted by Gasteiger charge is 2.60. The van der Waals surface area contributed by atoms with E-state index in [2.05, 4.69) is 0 Å². The van der Waals surface area contributed by atoms with Crippen LogP contribution in [0.1, 0.15) is 28.7 Å². The number of fused-ring (bicyclic) bond motifs is 1. The Morgan fingerprint density at radius 1 is 1.26 bits per heavy atom. The fraction of sp³-hybridized carbons (Fsp3) is 0.316. The van der Waals surface area contributed by atoms with Crippen molar-refractivity contribution in [3.63, 3.8) is 0 Å². The molecule has 2 aromatic rings. The fourth-order valence-corrected chi connectivity index (χ4v) is 3.60. The molecule has 2 aromatic carbocycles. The van der Waals surface area contributed by atoms with Gasteiger partial charge in [-0.3, -0.25) is 4.79 Å². The molecule has 1 N–H and O–H groups in total. The average Bonchev–Trinajstić information content (AvgIpc) is 2.96. The second kappa shape index (κ2) is 4.65. The van der Waals surface area contributed by atoms with Crippen molar-refractivity contribution in [1.29, 1.82) is 0 Å². The van der Waals surface area contributed by atoms with E-state index in [9.17, 15) is 14.3 Å². The third kappa shape index (κ3) is 2.01. The van der Waals surface area contributed by atoms with Crippen molar-refractivity contribution < 1.29 is 19.0 Å². The van der Waals surface area contributed by atoms with Gasteiger partial charge in [-0.05, 0) is 54.3 Å². The van der Waals surface area contributed by atoms with Gasteiger partial charge in [0.05, 0.1) is 13.0 Å². The topological polar surface area (TPSA) is 46.5 Å². The Hall–Kier alpha value is -2.20. The highest BCUT2D eigenvalue weighted by atomic mass is 19.1. The molecule has 1 aliphatic heterocycles. The van der Waals surface area contributed by atoms with Gasteiger partial charge in [0, 0.05) is 17.5 Å². The van der Waals surface area contributed by atoms with Gasteiger partial charge >= 0.3 is 0 Å². The lowest BCUT2D eigenvalue weighted by Crippen LogP contribution is -2.17. The molecule has 0 amide bonds. The second-order valence-corrected chi connectivity index (χ2v) is 6.51. The Labute approximate surface area is 133 Å². The summed E-state index contributed by atoms with van der Waals surface area (Å²) in [5, 5.41) is 9.29. The van der Waals surface area contributed by atoms with E-state index < -0.39 is 11.4 Å². The summed E-state index contributed by atoms with van der Waals surface area (Å²) in [5.41, 5.74) is 4.70. The molecule has 0 radical (unpaired) electrons. The van der Waals surface area contributed by atoms with E-state index in [1.165, 1.54) is 6.07 Å². The number of Topliss-reactive ketones (excluding diaryl/α,β-unsaturated/α-hetero) is 1. The maximum atomic E-state index is 13.6. The van der Waals surface area contributed by atoms with E-state index in [0.717, 1.165) is 33.6 Å². The van der Waals surface area contributed by atoms with Gasteiger partial charge in [-0.2, -0.15) is 0 Å². The van der Waals surface area contributed by atoms with Gasteiger partial charge in [-0.25, -0.2) is 4.39 Å². The Bertz CT molecular complexity index is 856. The minimum atomic E-state index is -0.614. The van der Waals surface area contributed by atoms with Crippen molar-refractivity contribution in [2.75, 3.05) is 0 Å². The quantitative estimate of drug-likeness (QED) is 0.926. The van der Waals surface area contributed by atoms with Crippen LogP contribution < -0.4 is 4.74 Å². The Morgan fingerprint density at radius 2 is 2.00 bits per heavy atom. The largest absolute Gasteiger partial charge is 0.478 e. The van der Waals surface area contributed by atoms with E-state index in [0.29, 0.717) is 12.8 Å². The molecular weight excluding hydrogens is 295 g/mol. The second-order valence-electron chi connectivity index (χ2n) is 6.51. The Kier molecular flexibility index (Phi) is 2.91. The van der Waals surface area contributed by atoms with E-state index in [4.69, 9.17) is 4.74 Å². The van der Waals surface area contributed by atoms with Gasteiger partial charge in [0.25, 0.3) is 0 Å². The van der Waals surface area contributed by atoms with Crippen LogP contribution in [-0.2, 0) is 17.8 Å². The fourth-order valence-electron chi connectivity index (χ4n) is 3.60. The van der Waals surface area contributed by atoms with Crippen LogP contribution in [0.3, 0.4) is 0 Å². The summed E-state index contributed by atoms with van der Waals surface area (Å²) in [6.45, 7) is 3.66. The van der Waals surface area contributed by atoms with Gasteiger partial charge in [0.15, 0.2) is 11.4 Å². The number of ether oxygens (including phenoxy) is 1.